The summed E-state index contributed by atoms with van der Waals surface area (Å²) in [5.74, 6) is -5.03. The van der Waals surface area contributed by atoms with Gasteiger partial charge in [-0.2, -0.15) is 0 Å². The zero-order valence-electron chi connectivity index (χ0n) is 35.3. The van der Waals surface area contributed by atoms with Gasteiger partial charge in [-0.3, -0.25) is 19.2 Å². The number of hydrogen-bond donors (Lipinski definition) is 6. The molecule has 1 heterocycles. The number of hydrogen-bond acceptors (Lipinski definition) is 11. The number of allylic oxidation sites excluding steroid dienone is 9. The Morgan fingerprint density at radius 1 is 1.00 bits per heavy atom. The number of rotatable bonds is 10. The Balaban J connectivity index is 1.21. The summed E-state index contributed by atoms with van der Waals surface area (Å²) in [6, 6.07) is -0.867. The fourth-order valence-corrected chi connectivity index (χ4v) is 10.1. The molecule has 0 bridgehead atoms. The van der Waals surface area contributed by atoms with Crippen LogP contribution in [0.15, 0.2) is 58.7 Å². The summed E-state index contributed by atoms with van der Waals surface area (Å²) in [5.41, 5.74) is 1.55. The average molecular weight is 816 g/mol. The van der Waals surface area contributed by atoms with Crippen molar-refractivity contribution in [1.82, 2.24) is 5.32 Å². The van der Waals surface area contributed by atoms with Crippen LogP contribution in [-0.2, 0) is 25.5 Å². The highest BCUT2D eigenvalue weighted by molar-refractivity contribution is 6.19. The van der Waals surface area contributed by atoms with Crippen LogP contribution < -0.4 is 5.32 Å². The van der Waals surface area contributed by atoms with Crippen LogP contribution in [0.25, 0.3) is 0 Å². The molecule has 0 aromatic heterocycles. The maximum Gasteiger partial charge on any atom is 0.244 e. The van der Waals surface area contributed by atoms with Crippen molar-refractivity contribution < 1.29 is 54.2 Å². The Labute approximate surface area is 346 Å². The van der Waals surface area contributed by atoms with Crippen molar-refractivity contribution in [3.63, 3.8) is 0 Å². The highest BCUT2D eigenvalue weighted by Crippen LogP contribution is 2.54. The summed E-state index contributed by atoms with van der Waals surface area (Å²) in [6.45, 7) is 13.0. The molecule has 1 saturated heterocycles. The fraction of sp³-hybridized carbons (Fsp3) is 0.574. The Morgan fingerprint density at radius 2 is 1.71 bits per heavy atom. The molecule has 5 aliphatic rings. The van der Waals surface area contributed by atoms with Crippen LogP contribution in [0.2, 0.25) is 0 Å². The molecule has 6 rings (SSSR count). The molecular formula is C47H61NO11. The quantitative estimate of drug-likeness (QED) is 0.0876. The fourth-order valence-electron chi connectivity index (χ4n) is 10.1. The van der Waals surface area contributed by atoms with Gasteiger partial charge in [-0.05, 0) is 82.3 Å². The lowest BCUT2D eigenvalue weighted by molar-refractivity contribution is -0.249. The third-order valence-electron chi connectivity index (χ3n) is 13.4. The molecule has 1 aliphatic heterocycles. The Hall–Kier alpha value is -4.20. The second kappa shape index (κ2) is 17.4. The number of amides is 1. The van der Waals surface area contributed by atoms with E-state index in [4.69, 9.17) is 9.47 Å². The number of ketones is 3. The van der Waals surface area contributed by atoms with E-state index in [9.17, 15) is 44.7 Å². The highest BCUT2D eigenvalue weighted by atomic mass is 16.7. The van der Waals surface area contributed by atoms with Gasteiger partial charge in [-0.1, -0.05) is 68.7 Å². The Morgan fingerprint density at radius 3 is 2.41 bits per heavy atom. The summed E-state index contributed by atoms with van der Waals surface area (Å²) < 4.78 is 12.3. The number of fused-ring (bicyclic) bond motifs is 3. The summed E-state index contributed by atoms with van der Waals surface area (Å²) in [7, 11) is 0. The monoisotopic (exact) mass is 815 g/mol. The van der Waals surface area contributed by atoms with Gasteiger partial charge in [0.25, 0.3) is 0 Å². The first-order valence-electron chi connectivity index (χ1n) is 21.0. The Kier molecular flexibility index (Phi) is 13.1. The normalized spacial score (nSPS) is 32.6. The van der Waals surface area contributed by atoms with Gasteiger partial charge in [-0.15, -0.1) is 0 Å². The van der Waals surface area contributed by atoms with Crippen molar-refractivity contribution in [2.45, 2.75) is 142 Å². The van der Waals surface area contributed by atoms with E-state index in [1.165, 1.54) is 23.6 Å². The number of aliphatic hydroxyl groups excluding tert-OH is 2. The molecule has 9 atom stereocenters. The lowest BCUT2D eigenvalue weighted by atomic mass is 9.62. The standard InChI is InChI=1S/C47H61NO11/c1-24(16-17-31-26(3)14-10-18-46(31,6)7)11-8-12-25(2)19-35(51)48-32-20-36(58-28(5)41(32)52)59-33-22-47(57,34(50)23-49)21-30-38(33)45(56)40-39(43(30)54)42(53)29-15-9-13-27(4)37(29)44(40)55/h8,11-12,16-17,19,27-29,32-33,36-37,41,49,52,54,56-57H,9-10,13-15,18,20-23H2,1-7H3,(H,48,51)/b12-8+,17-16+,24-11+,25-19-. The number of phenolic OH excluding ortho intramolecular Hbond substituents is 2. The number of phenols is 2. The van der Waals surface area contributed by atoms with Crippen LogP contribution in [0.4, 0.5) is 0 Å². The third-order valence-corrected chi connectivity index (χ3v) is 13.4. The number of ether oxygens (including phenoxy) is 2. The second-order valence-corrected chi connectivity index (χ2v) is 18.3. The van der Waals surface area contributed by atoms with Gasteiger partial charge in [0.2, 0.25) is 5.91 Å². The van der Waals surface area contributed by atoms with Gasteiger partial charge in [0, 0.05) is 48.3 Å². The summed E-state index contributed by atoms with van der Waals surface area (Å²) in [5, 5.41) is 58.8. The van der Waals surface area contributed by atoms with Crippen LogP contribution in [0.1, 0.15) is 138 Å². The van der Waals surface area contributed by atoms with Gasteiger partial charge in [0.05, 0.1) is 29.4 Å². The number of Topliss-reactive ketones (excluding diaryl/α,β-unsaturated/α-hetero) is 3. The molecule has 12 heteroatoms. The van der Waals surface area contributed by atoms with Crippen LogP contribution in [0, 0.1) is 23.2 Å². The summed E-state index contributed by atoms with van der Waals surface area (Å²) in [4.78, 5) is 54.1. The predicted octanol–water partition coefficient (Wildman–Crippen LogP) is 6.34. The van der Waals surface area contributed by atoms with Crippen molar-refractivity contribution in [3.8, 4) is 11.5 Å². The lowest BCUT2D eigenvalue weighted by Gasteiger charge is -2.43. The SMILES string of the molecule is CC1=C(/C=C/C(C)=C/C=C/C(C)=C\C(=O)NC2CC(OC3CC(O)(C(=O)CO)Cc4c(O)c5c(c(O)c43)C(=O)C3C(C)CCCC3C5=O)OC(C)C2O)C(C)(C)CCC1. The summed E-state index contributed by atoms with van der Waals surface area (Å²) >= 11 is 0. The molecule has 1 aromatic carbocycles. The molecule has 2 fully saturated rings. The van der Waals surface area contributed by atoms with E-state index in [2.05, 4.69) is 38.2 Å². The molecule has 320 valence electrons. The number of nitrogens with one attached hydrogen (secondary N) is 1. The first kappa shape index (κ1) is 44.4. The van der Waals surface area contributed by atoms with Crippen molar-refractivity contribution >= 4 is 23.3 Å². The van der Waals surface area contributed by atoms with E-state index in [0.29, 0.717) is 12.0 Å². The van der Waals surface area contributed by atoms with Crippen LogP contribution in [0.5, 0.6) is 11.5 Å². The maximum absolute atomic E-state index is 14.0. The molecule has 1 aromatic rings. The zero-order chi connectivity index (χ0) is 43.1. The number of benzene rings is 1. The predicted molar refractivity (Wildman–Crippen MR) is 221 cm³/mol. The third kappa shape index (κ3) is 8.84. The minimum absolute atomic E-state index is 0.0714. The topological polar surface area (TPSA) is 200 Å². The van der Waals surface area contributed by atoms with E-state index in [-0.39, 0.29) is 40.0 Å². The number of carbonyl (C=O) groups excluding carboxylic acids is 4. The largest absolute Gasteiger partial charge is 0.507 e. The van der Waals surface area contributed by atoms with Crippen molar-refractivity contribution in [2.24, 2.45) is 23.2 Å². The molecule has 1 amide bonds. The Bertz CT molecular complexity index is 2040. The summed E-state index contributed by atoms with van der Waals surface area (Å²) in [6.07, 6.45) is 11.1. The van der Waals surface area contributed by atoms with E-state index in [0.717, 1.165) is 31.3 Å². The molecule has 0 radical (unpaired) electrons. The van der Waals surface area contributed by atoms with Gasteiger partial charge < -0.3 is 40.3 Å². The van der Waals surface area contributed by atoms with Gasteiger partial charge in [-0.25, -0.2) is 0 Å². The number of aliphatic hydroxyl groups is 3. The first-order valence-corrected chi connectivity index (χ1v) is 21.0. The maximum atomic E-state index is 14.0. The smallest absolute Gasteiger partial charge is 0.244 e. The lowest BCUT2D eigenvalue weighted by Crippen LogP contribution is -2.55. The van der Waals surface area contributed by atoms with Crippen molar-refractivity contribution in [2.75, 3.05) is 6.61 Å². The van der Waals surface area contributed by atoms with Crippen molar-refractivity contribution in [1.29, 1.82) is 0 Å². The van der Waals surface area contributed by atoms with Gasteiger partial charge in [0.15, 0.2) is 23.6 Å². The zero-order valence-corrected chi connectivity index (χ0v) is 35.3. The molecule has 6 N–H and O–H groups in total. The average Bonchev–Trinajstić information content (AvgIpc) is 3.16. The van der Waals surface area contributed by atoms with E-state index in [1.807, 2.05) is 32.1 Å². The van der Waals surface area contributed by atoms with Gasteiger partial charge >= 0.3 is 0 Å². The molecule has 4 aliphatic carbocycles. The van der Waals surface area contributed by atoms with Crippen LogP contribution >= 0.6 is 0 Å². The second-order valence-electron chi connectivity index (χ2n) is 18.3. The number of aromatic hydroxyl groups is 2. The first-order chi connectivity index (χ1) is 27.8. The minimum atomic E-state index is -2.27. The van der Waals surface area contributed by atoms with Crippen LogP contribution in [-0.4, -0.2) is 85.5 Å². The molecule has 0 spiro atoms. The van der Waals surface area contributed by atoms with Crippen molar-refractivity contribution in [3.05, 3.63) is 81.0 Å². The minimum Gasteiger partial charge on any atom is -0.507 e. The highest BCUT2D eigenvalue weighted by Gasteiger charge is 2.53. The van der Waals surface area contributed by atoms with Crippen LogP contribution in [0.3, 0.4) is 0 Å². The van der Waals surface area contributed by atoms with E-state index in [1.54, 1.807) is 13.8 Å². The molecule has 9 unspecified atom stereocenters. The molecule has 1 saturated carbocycles. The van der Waals surface area contributed by atoms with Gasteiger partial charge in [0.1, 0.15) is 29.8 Å². The molecule has 12 nitrogen and oxygen atoms in total. The van der Waals surface area contributed by atoms with E-state index >= 15 is 0 Å². The van der Waals surface area contributed by atoms with E-state index < -0.39 is 102 Å². The molecular weight excluding hydrogens is 755 g/mol. The number of carbonyl (C=O) groups is 4. The molecule has 59 heavy (non-hydrogen) atoms.